The van der Waals surface area contributed by atoms with E-state index in [2.05, 4.69) is 86.8 Å². The van der Waals surface area contributed by atoms with Crippen LogP contribution in [0.4, 0.5) is 0 Å². The van der Waals surface area contributed by atoms with E-state index in [4.69, 9.17) is 14.2 Å². The summed E-state index contributed by atoms with van der Waals surface area (Å²) in [6.45, 7) is 5.71. The van der Waals surface area contributed by atoms with Crippen molar-refractivity contribution in [3.8, 4) is 0 Å². The normalized spacial score (nSPS) is 19.4. The van der Waals surface area contributed by atoms with Gasteiger partial charge in [0, 0.05) is 12.8 Å². The zero-order chi connectivity index (χ0) is 57.5. The van der Waals surface area contributed by atoms with Crippen molar-refractivity contribution in [3.63, 3.8) is 0 Å². The molecule has 0 spiro atoms. The molecule has 79 heavy (non-hydrogen) atoms. The molecule has 1 aliphatic heterocycles. The first-order chi connectivity index (χ1) is 38.7. The van der Waals surface area contributed by atoms with E-state index in [1.807, 2.05) is 12.2 Å². The summed E-state index contributed by atoms with van der Waals surface area (Å²) >= 11 is 0. The number of amides is 1. The molecule has 1 rings (SSSR count). The lowest BCUT2D eigenvalue weighted by Crippen LogP contribution is -2.61. The minimum Gasteiger partial charge on any atom is -0.454 e. The monoisotopic (exact) mass is 1110 g/mol. The lowest BCUT2D eigenvalue weighted by molar-refractivity contribution is -0.305. The summed E-state index contributed by atoms with van der Waals surface area (Å²) in [5, 5.41) is 56.9. The van der Waals surface area contributed by atoms with Crippen molar-refractivity contribution in [1.29, 1.82) is 0 Å². The quantitative estimate of drug-likeness (QED) is 0.0195. The van der Waals surface area contributed by atoms with Gasteiger partial charge in [0.05, 0.1) is 25.4 Å². The fraction of sp³-hybridized carbons (Fsp3) is 0.765. The summed E-state index contributed by atoms with van der Waals surface area (Å²) in [6, 6.07) is -1.06. The second-order valence-corrected chi connectivity index (χ2v) is 22.1. The third kappa shape index (κ3) is 43.2. The Morgan fingerprint density at radius 3 is 1.33 bits per heavy atom. The van der Waals surface area contributed by atoms with Crippen LogP contribution in [0.5, 0.6) is 0 Å². The summed E-state index contributed by atoms with van der Waals surface area (Å²) in [5.41, 5.74) is 0. The fourth-order valence-corrected chi connectivity index (χ4v) is 9.62. The van der Waals surface area contributed by atoms with Gasteiger partial charge in [-0.2, -0.15) is 0 Å². The molecule has 0 bridgehead atoms. The highest BCUT2D eigenvalue weighted by molar-refractivity contribution is 5.81. The van der Waals surface area contributed by atoms with Crippen LogP contribution >= 0.6 is 0 Å². The van der Waals surface area contributed by atoms with Gasteiger partial charge in [-0.15, -0.1) is 0 Å². The molecule has 1 aliphatic rings. The summed E-state index contributed by atoms with van der Waals surface area (Å²) in [7, 11) is 0. The molecule has 1 amide bonds. The van der Waals surface area contributed by atoms with Crippen molar-refractivity contribution >= 4 is 11.9 Å². The SMILES string of the molecule is CCCCC/C=C\C/C=C\C/C=C\C/C=C\CCCCCCCCCCCC(=O)OC1C(OCC(NC(=O)C(O)C/C=C/C/C=C\CCCCCCCC)C(O)/C=C/CCCCCCCCCCCCC)OC(CO)C(O)C1O. The maximum Gasteiger partial charge on any atom is 0.306 e. The molecule has 1 heterocycles. The van der Waals surface area contributed by atoms with Crippen molar-refractivity contribution in [2.75, 3.05) is 13.2 Å². The maximum absolute atomic E-state index is 13.4. The van der Waals surface area contributed by atoms with E-state index in [0.717, 1.165) is 83.5 Å². The Morgan fingerprint density at radius 2 is 0.873 bits per heavy atom. The summed E-state index contributed by atoms with van der Waals surface area (Å²) in [4.78, 5) is 26.5. The second-order valence-electron chi connectivity index (χ2n) is 22.1. The van der Waals surface area contributed by atoms with Gasteiger partial charge in [0.25, 0.3) is 0 Å². The Balaban J connectivity index is 2.63. The van der Waals surface area contributed by atoms with Crippen LogP contribution in [0, 0.1) is 0 Å². The standard InChI is InChI=1S/C68H119NO10/c1-4-7-10-13-16-19-22-25-26-27-28-29-30-31-32-33-34-35-36-38-41-44-47-50-53-56-63(73)79-66-65(75)64(74)62(57-70)78-68(66)77-58-59(60(71)54-51-48-45-42-40-37-23-20-17-14-11-8-5-2)69-67(76)61(72)55-52-49-46-43-39-24-21-18-15-12-9-6-3/h16,19,25-26,28-29,31-32,39,43,49,51-52,54,59-62,64-66,68,70-72,74-75H,4-15,17-18,20-24,27,30,33-38,40-42,44-48,50,53,55-58H2,1-3H3,(H,69,76)/b19-16-,26-25-,29-28-,32-31-,43-39-,52-49+,54-51+. The number of esters is 1. The van der Waals surface area contributed by atoms with Crippen molar-refractivity contribution in [1.82, 2.24) is 5.32 Å². The minimum absolute atomic E-state index is 0.0791. The van der Waals surface area contributed by atoms with Gasteiger partial charge in [0.2, 0.25) is 5.91 Å². The highest BCUT2D eigenvalue weighted by Gasteiger charge is 2.47. The molecule has 11 heteroatoms. The third-order valence-corrected chi connectivity index (χ3v) is 14.8. The van der Waals surface area contributed by atoms with E-state index >= 15 is 0 Å². The van der Waals surface area contributed by atoms with E-state index < -0.39 is 67.4 Å². The van der Waals surface area contributed by atoms with Gasteiger partial charge < -0.3 is 45.1 Å². The van der Waals surface area contributed by atoms with Crippen molar-refractivity contribution in [3.05, 3.63) is 85.1 Å². The number of ether oxygens (including phenoxy) is 3. The average Bonchev–Trinajstić information content (AvgIpc) is 3.48. The van der Waals surface area contributed by atoms with Crippen LogP contribution in [0.25, 0.3) is 0 Å². The largest absolute Gasteiger partial charge is 0.454 e. The average molecular weight is 1110 g/mol. The van der Waals surface area contributed by atoms with E-state index in [0.29, 0.717) is 12.8 Å². The minimum atomic E-state index is -1.63. The van der Waals surface area contributed by atoms with Gasteiger partial charge in [-0.3, -0.25) is 9.59 Å². The van der Waals surface area contributed by atoms with Gasteiger partial charge in [-0.25, -0.2) is 0 Å². The lowest BCUT2D eigenvalue weighted by Gasteiger charge is -2.41. The van der Waals surface area contributed by atoms with Crippen LogP contribution in [-0.4, -0.2) is 99.6 Å². The summed E-state index contributed by atoms with van der Waals surface area (Å²) < 4.78 is 17.6. The predicted molar refractivity (Wildman–Crippen MR) is 329 cm³/mol. The first-order valence-corrected chi connectivity index (χ1v) is 32.4. The molecular formula is C68H119NO10. The Kier molecular flexibility index (Phi) is 51.8. The number of hydrogen-bond acceptors (Lipinski definition) is 10. The number of rotatable bonds is 54. The van der Waals surface area contributed by atoms with Crippen molar-refractivity contribution in [2.45, 2.75) is 320 Å². The molecule has 0 radical (unpaired) electrons. The molecule has 1 saturated heterocycles. The molecule has 8 atom stereocenters. The van der Waals surface area contributed by atoms with Crippen molar-refractivity contribution in [2.24, 2.45) is 0 Å². The van der Waals surface area contributed by atoms with E-state index in [1.165, 1.54) is 141 Å². The molecule has 0 aliphatic carbocycles. The molecule has 456 valence electrons. The Labute approximate surface area is 483 Å². The Morgan fingerprint density at radius 1 is 0.494 bits per heavy atom. The second kappa shape index (κ2) is 55.4. The van der Waals surface area contributed by atoms with E-state index in [1.54, 1.807) is 12.2 Å². The lowest BCUT2D eigenvalue weighted by atomic mass is 9.99. The van der Waals surface area contributed by atoms with Crippen LogP contribution in [0.1, 0.15) is 271 Å². The van der Waals surface area contributed by atoms with Gasteiger partial charge in [0.15, 0.2) is 12.4 Å². The number of carbonyl (C=O) groups excluding carboxylic acids is 2. The topological polar surface area (TPSA) is 175 Å². The molecule has 0 aromatic carbocycles. The number of aliphatic hydroxyl groups is 5. The zero-order valence-corrected chi connectivity index (χ0v) is 50.5. The van der Waals surface area contributed by atoms with Crippen LogP contribution in [0.15, 0.2) is 85.1 Å². The number of allylic oxidation sites excluding steroid dienone is 12. The number of hydrogen-bond donors (Lipinski definition) is 6. The van der Waals surface area contributed by atoms with E-state index in [9.17, 15) is 35.1 Å². The van der Waals surface area contributed by atoms with Gasteiger partial charge in [0.1, 0.15) is 24.4 Å². The van der Waals surface area contributed by atoms with Crippen LogP contribution in [0.3, 0.4) is 0 Å². The molecule has 6 N–H and O–H groups in total. The summed E-state index contributed by atoms with van der Waals surface area (Å²) in [6.07, 6.45) is 62.1. The Hall–Kier alpha value is -3.16. The van der Waals surface area contributed by atoms with Crippen LogP contribution < -0.4 is 5.32 Å². The number of carbonyl (C=O) groups is 2. The first-order valence-electron chi connectivity index (χ1n) is 32.4. The first kappa shape index (κ1) is 73.9. The Bertz CT molecular complexity index is 1610. The fourth-order valence-electron chi connectivity index (χ4n) is 9.62. The van der Waals surface area contributed by atoms with Gasteiger partial charge in [-0.05, 0) is 83.5 Å². The molecule has 0 saturated carbocycles. The molecule has 0 aromatic rings. The smallest absolute Gasteiger partial charge is 0.306 e. The van der Waals surface area contributed by atoms with Crippen LogP contribution in [0.2, 0.25) is 0 Å². The van der Waals surface area contributed by atoms with Crippen molar-refractivity contribution < 1.29 is 49.3 Å². The molecule has 0 aromatic heterocycles. The van der Waals surface area contributed by atoms with Gasteiger partial charge in [-0.1, -0.05) is 260 Å². The molecular weight excluding hydrogens is 991 g/mol. The number of aliphatic hydroxyl groups excluding tert-OH is 5. The highest BCUT2D eigenvalue weighted by Crippen LogP contribution is 2.26. The van der Waals surface area contributed by atoms with E-state index in [-0.39, 0.29) is 19.4 Å². The summed E-state index contributed by atoms with van der Waals surface area (Å²) in [5.74, 6) is -1.27. The third-order valence-electron chi connectivity index (χ3n) is 14.8. The molecule has 8 unspecified atom stereocenters. The van der Waals surface area contributed by atoms with Gasteiger partial charge >= 0.3 is 5.97 Å². The highest BCUT2D eigenvalue weighted by atomic mass is 16.7. The van der Waals surface area contributed by atoms with Crippen LogP contribution in [-0.2, 0) is 23.8 Å². The number of unbranched alkanes of at least 4 members (excludes halogenated alkanes) is 29. The maximum atomic E-state index is 13.4. The molecule has 11 nitrogen and oxygen atoms in total. The molecule has 1 fully saturated rings. The zero-order valence-electron chi connectivity index (χ0n) is 50.5. The number of nitrogens with one attached hydrogen (secondary N) is 1. The predicted octanol–water partition coefficient (Wildman–Crippen LogP) is 15.7.